The van der Waals surface area contributed by atoms with Crippen molar-refractivity contribution in [1.82, 2.24) is 9.80 Å². The topological polar surface area (TPSA) is 69.7 Å². The van der Waals surface area contributed by atoms with Crippen LogP contribution < -0.4 is 5.32 Å². The zero-order valence-corrected chi connectivity index (χ0v) is 17.1. The predicted molar refractivity (Wildman–Crippen MR) is 109 cm³/mol. The van der Waals surface area contributed by atoms with Crippen LogP contribution in [0.2, 0.25) is 0 Å². The fourth-order valence-electron chi connectivity index (χ4n) is 4.20. The minimum absolute atomic E-state index is 0.0307. The maximum Gasteiger partial charge on any atom is 0.254 e. The summed E-state index contributed by atoms with van der Waals surface area (Å²) >= 11 is 0. The molecule has 2 aliphatic rings. The van der Waals surface area contributed by atoms with Crippen molar-refractivity contribution >= 4 is 23.4 Å². The summed E-state index contributed by atoms with van der Waals surface area (Å²) < 4.78 is 0. The number of anilines is 1. The van der Waals surface area contributed by atoms with E-state index in [9.17, 15) is 14.4 Å². The Morgan fingerprint density at radius 2 is 1.89 bits per heavy atom. The number of carbonyl (C=O) groups is 3. The first-order valence-electron chi connectivity index (χ1n) is 10.4. The van der Waals surface area contributed by atoms with Crippen LogP contribution in [-0.2, 0) is 9.59 Å². The van der Waals surface area contributed by atoms with Crippen LogP contribution in [0.25, 0.3) is 0 Å². The molecule has 1 N–H and O–H groups in total. The van der Waals surface area contributed by atoms with Gasteiger partial charge >= 0.3 is 0 Å². The molecule has 0 saturated carbocycles. The van der Waals surface area contributed by atoms with Crippen molar-refractivity contribution in [3.63, 3.8) is 0 Å². The molecule has 0 aliphatic carbocycles. The SMILES string of the molecule is CCC1CCCCN1C(=O)c1ccc(NC(=O)C2CC(=O)N(C(C)C)C2)cc1. The molecule has 2 aliphatic heterocycles. The number of benzene rings is 1. The van der Waals surface area contributed by atoms with Gasteiger partial charge in [0.2, 0.25) is 11.8 Å². The zero-order chi connectivity index (χ0) is 20.3. The molecule has 2 fully saturated rings. The summed E-state index contributed by atoms with van der Waals surface area (Å²) in [6, 6.07) is 7.53. The molecule has 3 amide bonds. The van der Waals surface area contributed by atoms with Gasteiger partial charge in [-0.25, -0.2) is 0 Å². The lowest BCUT2D eigenvalue weighted by atomic mass is 9.99. The molecule has 3 rings (SSSR count). The molecule has 2 atom stereocenters. The van der Waals surface area contributed by atoms with Gasteiger partial charge in [-0.1, -0.05) is 6.92 Å². The molecule has 1 aromatic rings. The molecule has 0 bridgehead atoms. The lowest BCUT2D eigenvalue weighted by Gasteiger charge is -2.35. The van der Waals surface area contributed by atoms with Crippen LogP contribution in [0.3, 0.4) is 0 Å². The molecule has 6 nitrogen and oxygen atoms in total. The van der Waals surface area contributed by atoms with Crippen LogP contribution >= 0.6 is 0 Å². The van der Waals surface area contributed by atoms with Crippen LogP contribution in [0, 0.1) is 5.92 Å². The number of amides is 3. The summed E-state index contributed by atoms with van der Waals surface area (Å²) in [7, 11) is 0. The summed E-state index contributed by atoms with van der Waals surface area (Å²) in [5.74, 6) is -0.367. The number of hydrogen-bond acceptors (Lipinski definition) is 3. The quantitative estimate of drug-likeness (QED) is 0.846. The van der Waals surface area contributed by atoms with Crippen molar-refractivity contribution in [2.75, 3.05) is 18.4 Å². The van der Waals surface area contributed by atoms with E-state index >= 15 is 0 Å². The Morgan fingerprint density at radius 3 is 2.50 bits per heavy atom. The maximum absolute atomic E-state index is 12.8. The van der Waals surface area contributed by atoms with Crippen molar-refractivity contribution in [1.29, 1.82) is 0 Å². The lowest BCUT2D eigenvalue weighted by molar-refractivity contribution is -0.129. The van der Waals surface area contributed by atoms with Gasteiger partial charge in [0.25, 0.3) is 5.91 Å². The largest absolute Gasteiger partial charge is 0.339 e. The van der Waals surface area contributed by atoms with Crippen LogP contribution in [0.15, 0.2) is 24.3 Å². The first-order chi connectivity index (χ1) is 13.4. The smallest absolute Gasteiger partial charge is 0.254 e. The van der Waals surface area contributed by atoms with E-state index in [0.717, 1.165) is 25.8 Å². The van der Waals surface area contributed by atoms with E-state index < -0.39 is 0 Å². The van der Waals surface area contributed by atoms with E-state index in [4.69, 9.17) is 0 Å². The Hall–Kier alpha value is -2.37. The van der Waals surface area contributed by atoms with Gasteiger partial charge in [-0.3, -0.25) is 14.4 Å². The fourth-order valence-corrected chi connectivity index (χ4v) is 4.20. The summed E-state index contributed by atoms with van der Waals surface area (Å²) in [4.78, 5) is 41.1. The van der Waals surface area contributed by atoms with Gasteiger partial charge in [-0.2, -0.15) is 0 Å². The molecule has 1 aromatic carbocycles. The summed E-state index contributed by atoms with van der Waals surface area (Å²) in [6.45, 7) is 7.33. The molecule has 0 aromatic heterocycles. The highest BCUT2D eigenvalue weighted by molar-refractivity contribution is 5.98. The highest BCUT2D eigenvalue weighted by Gasteiger charge is 2.35. The standard InChI is InChI=1S/C22H31N3O3/c1-4-19-7-5-6-12-24(19)22(28)16-8-10-18(11-9-16)23-21(27)17-13-20(26)25(14-17)15(2)3/h8-11,15,17,19H,4-7,12-14H2,1-3H3,(H,23,27). The van der Waals surface area contributed by atoms with Gasteiger partial charge in [0.1, 0.15) is 0 Å². The Balaban J connectivity index is 1.61. The normalized spacial score (nSPS) is 22.6. The second kappa shape index (κ2) is 8.76. The molecule has 2 saturated heterocycles. The molecule has 0 spiro atoms. The third kappa shape index (κ3) is 4.37. The van der Waals surface area contributed by atoms with E-state index in [0.29, 0.717) is 23.8 Å². The molecular formula is C22H31N3O3. The van der Waals surface area contributed by atoms with Crippen LogP contribution in [0.1, 0.15) is 63.2 Å². The van der Waals surface area contributed by atoms with E-state index in [-0.39, 0.29) is 36.1 Å². The van der Waals surface area contributed by atoms with Crippen molar-refractivity contribution in [3.05, 3.63) is 29.8 Å². The number of hydrogen-bond donors (Lipinski definition) is 1. The second-order valence-corrected chi connectivity index (χ2v) is 8.16. The number of rotatable bonds is 5. The van der Waals surface area contributed by atoms with Crippen LogP contribution in [-0.4, -0.2) is 52.7 Å². The van der Waals surface area contributed by atoms with Crippen molar-refractivity contribution < 1.29 is 14.4 Å². The van der Waals surface area contributed by atoms with Gasteiger partial charge in [0, 0.05) is 42.8 Å². The maximum atomic E-state index is 12.8. The minimum Gasteiger partial charge on any atom is -0.339 e. The number of piperidine rings is 1. The number of nitrogens with zero attached hydrogens (tertiary/aromatic N) is 2. The van der Waals surface area contributed by atoms with Crippen molar-refractivity contribution in [3.8, 4) is 0 Å². The Kier molecular flexibility index (Phi) is 6.37. The first kappa shape index (κ1) is 20.4. The van der Waals surface area contributed by atoms with Gasteiger partial charge in [-0.05, 0) is 63.8 Å². The Labute approximate surface area is 167 Å². The second-order valence-electron chi connectivity index (χ2n) is 8.16. The number of nitrogens with one attached hydrogen (secondary N) is 1. The molecule has 6 heteroatoms. The molecule has 28 heavy (non-hydrogen) atoms. The first-order valence-corrected chi connectivity index (χ1v) is 10.4. The molecule has 152 valence electrons. The molecular weight excluding hydrogens is 354 g/mol. The predicted octanol–water partition coefficient (Wildman–Crippen LogP) is 3.29. The monoisotopic (exact) mass is 385 g/mol. The number of likely N-dealkylation sites (tertiary alicyclic amines) is 2. The van der Waals surface area contributed by atoms with Gasteiger partial charge in [0.05, 0.1) is 5.92 Å². The third-order valence-corrected chi connectivity index (χ3v) is 5.91. The lowest BCUT2D eigenvalue weighted by Crippen LogP contribution is -2.43. The fraction of sp³-hybridized carbons (Fsp3) is 0.591. The summed E-state index contributed by atoms with van der Waals surface area (Å²) in [6.07, 6.45) is 4.56. The summed E-state index contributed by atoms with van der Waals surface area (Å²) in [5.41, 5.74) is 1.31. The average Bonchev–Trinajstić information content (AvgIpc) is 3.10. The van der Waals surface area contributed by atoms with Gasteiger partial charge in [0.15, 0.2) is 0 Å². The van der Waals surface area contributed by atoms with E-state index in [1.807, 2.05) is 18.7 Å². The van der Waals surface area contributed by atoms with Gasteiger partial charge in [-0.15, -0.1) is 0 Å². The van der Waals surface area contributed by atoms with Crippen LogP contribution in [0.4, 0.5) is 5.69 Å². The van der Waals surface area contributed by atoms with Crippen molar-refractivity contribution in [2.24, 2.45) is 5.92 Å². The van der Waals surface area contributed by atoms with Crippen molar-refractivity contribution in [2.45, 2.75) is 65.0 Å². The molecule has 0 radical (unpaired) electrons. The highest BCUT2D eigenvalue weighted by atomic mass is 16.2. The van der Waals surface area contributed by atoms with E-state index in [1.54, 1.807) is 29.2 Å². The molecule has 2 unspecified atom stereocenters. The minimum atomic E-state index is -0.324. The molecule has 2 heterocycles. The summed E-state index contributed by atoms with van der Waals surface area (Å²) in [5, 5.41) is 2.89. The van der Waals surface area contributed by atoms with E-state index in [2.05, 4.69) is 12.2 Å². The Bertz CT molecular complexity index is 729. The number of carbonyl (C=O) groups excluding carboxylic acids is 3. The zero-order valence-electron chi connectivity index (χ0n) is 17.1. The average molecular weight is 386 g/mol. The van der Waals surface area contributed by atoms with Gasteiger partial charge < -0.3 is 15.1 Å². The Morgan fingerprint density at radius 1 is 1.18 bits per heavy atom. The van der Waals surface area contributed by atoms with Crippen LogP contribution in [0.5, 0.6) is 0 Å². The highest BCUT2D eigenvalue weighted by Crippen LogP contribution is 2.24. The third-order valence-electron chi connectivity index (χ3n) is 5.91. The van der Waals surface area contributed by atoms with E-state index in [1.165, 1.54) is 6.42 Å².